The van der Waals surface area contributed by atoms with Crippen molar-refractivity contribution in [3.63, 3.8) is 0 Å². The third-order valence-corrected chi connectivity index (χ3v) is 5.87. The van der Waals surface area contributed by atoms with E-state index in [2.05, 4.69) is 39.5 Å². The van der Waals surface area contributed by atoms with Gasteiger partial charge in [0.2, 0.25) is 5.91 Å². The van der Waals surface area contributed by atoms with Crippen LogP contribution in [-0.2, 0) is 11.3 Å². The molecular weight excluding hydrogens is 372 g/mol. The van der Waals surface area contributed by atoms with E-state index >= 15 is 0 Å². The van der Waals surface area contributed by atoms with Gasteiger partial charge >= 0.3 is 0 Å². The van der Waals surface area contributed by atoms with Crippen LogP contribution in [0.25, 0.3) is 11.0 Å². The van der Waals surface area contributed by atoms with Gasteiger partial charge in [-0.1, -0.05) is 44.9 Å². The van der Waals surface area contributed by atoms with Crippen molar-refractivity contribution in [2.45, 2.75) is 70.5 Å². The highest BCUT2D eigenvalue weighted by Gasteiger charge is 2.17. The Hall–Kier alpha value is -1.83. The van der Waals surface area contributed by atoms with E-state index in [9.17, 15) is 4.79 Å². The normalized spacial score (nSPS) is 15.1. The summed E-state index contributed by atoms with van der Waals surface area (Å²) >= 11 is 1.62. The van der Waals surface area contributed by atoms with Crippen molar-refractivity contribution in [3.8, 4) is 0 Å². The number of carbonyl (C=O) groups is 1. The molecule has 2 N–H and O–H groups in total. The molecule has 8 heteroatoms. The van der Waals surface area contributed by atoms with Crippen molar-refractivity contribution in [1.82, 2.24) is 25.1 Å². The molecular formula is C20H32N6OS. The van der Waals surface area contributed by atoms with Crippen LogP contribution in [0.3, 0.4) is 0 Å². The van der Waals surface area contributed by atoms with E-state index in [-0.39, 0.29) is 5.91 Å². The monoisotopic (exact) mass is 404 g/mol. The van der Waals surface area contributed by atoms with E-state index in [1.54, 1.807) is 11.8 Å². The van der Waals surface area contributed by atoms with Gasteiger partial charge in [0.05, 0.1) is 18.1 Å². The van der Waals surface area contributed by atoms with Crippen LogP contribution in [0.1, 0.15) is 58.8 Å². The molecule has 7 nitrogen and oxygen atoms in total. The molecule has 28 heavy (non-hydrogen) atoms. The fraction of sp³-hybridized carbons (Fsp3) is 0.700. The summed E-state index contributed by atoms with van der Waals surface area (Å²) in [5, 5.41) is 12.6. The maximum Gasteiger partial charge on any atom is 0.220 e. The summed E-state index contributed by atoms with van der Waals surface area (Å²) in [5.74, 6) is 2.48. The Bertz CT molecular complexity index is 771. The molecule has 0 aliphatic heterocycles. The highest BCUT2D eigenvalue weighted by molar-refractivity contribution is 7.99. The van der Waals surface area contributed by atoms with E-state index in [1.807, 2.05) is 10.9 Å². The van der Waals surface area contributed by atoms with E-state index in [4.69, 9.17) is 0 Å². The molecule has 0 unspecified atom stereocenters. The first-order valence-electron chi connectivity index (χ1n) is 10.6. The second-order valence-corrected chi connectivity index (χ2v) is 8.61. The lowest BCUT2D eigenvalue weighted by atomic mass is 9.87. The maximum atomic E-state index is 12.2. The number of carbonyl (C=O) groups excluding carboxylic acids is 1. The second kappa shape index (κ2) is 10.6. The molecule has 2 heterocycles. The number of hydrogen-bond donors (Lipinski definition) is 2. The first-order chi connectivity index (χ1) is 13.7. The Kier molecular flexibility index (Phi) is 7.94. The van der Waals surface area contributed by atoms with Gasteiger partial charge in [0.15, 0.2) is 10.8 Å². The lowest BCUT2D eigenvalue weighted by molar-refractivity contribution is -0.122. The molecule has 0 atom stereocenters. The van der Waals surface area contributed by atoms with Crippen LogP contribution in [0.4, 0.5) is 5.82 Å². The predicted octanol–water partition coefficient (Wildman–Crippen LogP) is 3.85. The predicted molar refractivity (Wildman–Crippen MR) is 115 cm³/mol. The van der Waals surface area contributed by atoms with Crippen LogP contribution >= 0.6 is 11.8 Å². The minimum Gasteiger partial charge on any atom is -0.369 e. The lowest BCUT2D eigenvalue weighted by Gasteiger charge is -2.20. The van der Waals surface area contributed by atoms with Crippen molar-refractivity contribution in [3.05, 3.63) is 6.20 Å². The lowest BCUT2D eigenvalue weighted by Crippen LogP contribution is -2.29. The van der Waals surface area contributed by atoms with Gasteiger partial charge in [0, 0.05) is 19.5 Å². The molecule has 0 saturated heterocycles. The van der Waals surface area contributed by atoms with Crippen molar-refractivity contribution in [2.24, 2.45) is 5.92 Å². The number of rotatable bonds is 10. The molecule has 2 aromatic rings. The number of hydrogen-bond acceptors (Lipinski definition) is 6. The SMILES string of the molecule is CCCNc1nc(SCC)nc2c1cnn2CCNC(=O)CC1CCCCC1. The summed E-state index contributed by atoms with van der Waals surface area (Å²) in [7, 11) is 0. The minimum absolute atomic E-state index is 0.158. The summed E-state index contributed by atoms with van der Waals surface area (Å²) in [4.78, 5) is 21.6. The molecule has 3 rings (SSSR count). The quantitative estimate of drug-likeness (QED) is 0.462. The van der Waals surface area contributed by atoms with Crippen LogP contribution in [0.15, 0.2) is 11.4 Å². The fourth-order valence-electron chi connectivity index (χ4n) is 3.70. The van der Waals surface area contributed by atoms with Gasteiger partial charge < -0.3 is 10.6 Å². The van der Waals surface area contributed by atoms with Crippen molar-refractivity contribution < 1.29 is 4.79 Å². The average molecular weight is 405 g/mol. The van der Waals surface area contributed by atoms with Gasteiger partial charge in [-0.05, 0) is 30.9 Å². The summed E-state index contributed by atoms with van der Waals surface area (Å²) in [5.41, 5.74) is 0.825. The average Bonchev–Trinajstić information content (AvgIpc) is 3.10. The van der Waals surface area contributed by atoms with Crippen molar-refractivity contribution >= 4 is 34.5 Å². The van der Waals surface area contributed by atoms with Crippen LogP contribution in [0.2, 0.25) is 0 Å². The number of nitrogens with one attached hydrogen (secondary N) is 2. The first-order valence-corrected chi connectivity index (χ1v) is 11.6. The number of amides is 1. The molecule has 1 aliphatic rings. The number of aromatic nitrogens is 4. The van der Waals surface area contributed by atoms with E-state index in [0.717, 1.165) is 40.7 Å². The zero-order chi connectivity index (χ0) is 19.8. The van der Waals surface area contributed by atoms with E-state index < -0.39 is 0 Å². The van der Waals surface area contributed by atoms with Crippen LogP contribution in [0, 0.1) is 5.92 Å². The summed E-state index contributed by atoms with van der Waals surface area (Å²) < 4.78 is 1.87. The summed E-state index contributed by atoms with van der Waals surface area (Å²) in [6.07, 6.45) is 9.75. The molecule has 0 radical (unpaired) electrons. The third-order valence-electron chi connectivity index (χ3n) is 5.14. The molecule has 0 bridgehead atoms. The summed E-state index contributed by atoms with van der Waals surface area (Å²) in [6.45, 7) is 6.27. The first kappa shape index (κ1) is 20.9. The molecule has 154 valence electrons. The van der Waals surface area contributed by atoms with Gasteiger partial charge in [0.1, 0.15) is 5.82 Å². The number of fused-ring (bicyclic) bond motifs is 1. The standard InChI is InChI=1S/C20H32N6OS/c1-3-10-22-18-16-14-23-26(19(16)25-20(24-18)28-4-2)12-11-21-17(27)13-15-8-6-5-7-9-15/h14-15H,3-13H2,1-2H3,(H,21,27)(H,22,24,25). The van der Waals surface area contributed by atoms with Crippen LogP contribution < -0.4 is 10.6 Å². The molecule has 1 saturated carbocycles. The molecule has 2 aromatic heterocycles. The maximum absolute atomic E-state index is 12.2. The third kappa shape index (κ3) is 5.59. The topological polar surface area (TPSA) is 84.7 Å². The minimum atomic E-state index is 0.158. The molecule has 1 fully saturated rings. The Morgan fingerprint density at radius 3 is 2.79 bits per heavy atom. The number of anilines is 1. The van der Waals surface area contributed by atoms with Gasteiger partial charge in [-0.3, -0.25) is 4.79 Å². The number of nitrogens with zero attached hydrogens (tertiary/aromatic N) is 4. The Balaban J connectivity index is 1.62. The van der Waals surface area contributed by atoms with Gasteiger partial charge in [-0.15, -0.1) is 0 Å². The highest BCUT2D eigenvalue weighted by atomic mass is 32.2. The van der Waals surface area contributed by atoms with Gasteiger partial charge in [-0.2, -0.15) is 5.10 Å². The van der Waals surface area contributed by atoms with Gasteiger partial charge in [-0.25, -0.2) is 14.6 Å². The number of thioether (sulfide) groups is 1. The Labute approximate surface area is 171 Å². The fourth-order valence-corrected chi connectivity index (χ4v) is 4.26. The van der Waals surface area contributed by atoms with E-state index in [0.29, 0.717) is 25.4 Å². The Morgan fingerprint density at radius 2 is 2.04 bits per heavy atom. The van der Waals surface area contributed by atoms with E-state index in [1.165, 1.54) is 32.1 Å². The molecule has 0 spiro atoms. The second-order valence-electron chi connectivity index (χ2n) is 7.38. The zero-order valence-corrected chi connectivity index (χ0v) is 17.9. The smallest absolute Gasteiger partial charge is 0.220 e. The molecule has 0 aromatic carbocycles. The largest absolute Gasteiger partial charge is 0.369 e. The molecule has 1 amide bonds. The Morgan fingerprint density at radius 1 is 1.21 bits per heavy atom. The highest BCUT2D eigenvalue weighted by Crippen LogP contribution is 2.26. The van der Waals surface area contributed by atoms with Crippen molar-refractivity contribution in [1.29, 1.82) is 0 Å². The zero-order valence-electron chi connectivity index (χ0n) is 17.0. The van der Waals surface area contributed by atoms with Gasteiger partial charge in [0.25, 0.3) is 0 Å². The summed E-state index contributed by atoms with van der Waals surface area (Å²) in [6, 6.07) is 0. The van der Waals surface area contributed by atoms with Crippen LogP contribution in [-0.4, -0.2) is 44.5 Å². The van der Waals surface area contributed by atoms with Crippen LogP contribution in [0.5, 0.6) is 0 Å². The molecule has 1 aliphatic carbocycles. The van der Waals surface area contributed by atoms with Crippen molar-refractivity contribution in [2.75, 3.05) is 24.2 Å².